The molecule has 0 fully saturated rings. The highest BCUT2D eigenvalue weighted by Crippen LogP contribution is 2.28. The molecule has 2 aromatic heterocycles. The van der Waals surface area contributed by atoms with Gasteiger partial charge in [0.05, 0.1) is 22.8 Å². The third-order valence-corrected chi connectivity index (χ3v) is 4.66. The maximum atomic E-state index is 12.1. The fourth-order valence-electron chi connectivity index (χ4n) is 2.07. The average molecular weight is 314 g/mol. The highest BCUT2D eigenvalue weighted by molar-refractivity contribution is 7.10. The number of nitrogens with zero attached hydrogens (tertiary/aromatic N) is 1. The van der Waals surface area contributed by atoms with Crippen molar-refractivity contribution in [3.63, 3.8) is 0 Å². The van der Waals surface area contributed by atoms with Crippen molar-refractivity contribution >= 4 is 34.3 Å². The molecule has 3 rings (SSSR count). The molecule has 106 valence electrons. The second-order valence-corrected chi connectivity index (χ2v) is 6.70. The number of carbonyl (C=O) groups is 1. The van der Waals surface area contributed by atoms with Crippen LogP contribution in [0.3, 0.4) is 0 Å². The summed E-state index contributed by atoms with van der Waals surface area (Å²) < 4.78 is 0. The van der Waals surface area contributed by atoms with Crippen LogP contribution in [0.1, 0.15) is 9.88 Å². The first-order valence-electron chi connectivity index (χ1n) is 6.56. The predicted molar refractivity (Wildman–Crippen MR) is 88.9 cm³/mol. The van der Waals surface area contributed by atoms with Gasteiger partial charge < -0.3 is 5.32 Å². The number of aryl methyl sites for hydroxylation is 1. The quantitative estimate of drug-likeness (QED) is 0.777. The van der Waals surface area contributed by atoms with E-state index in [0.29, 0.717) is 6.42 Å². The maximum Gasteiger partial charge on any atom is 0.229 e. The molecule has 21 heavy (non-hydrogen) atoms. The number of para-hydroxylation sites is 1. The Morgan fingerprint density at radius 2 is 2.05 bits per heavy atom. The molecule has 0 bridgehead atoms. The molecular weight excluding hydrogens is 300 g/mol. The van der Waals surface area contributed by atoms with Crippen LogP contribution in [0, 0.1) is 6.92 Å². The number of carbonyl (C=O) groups excluding carboxylic acids is 1. The van der Waals surface area contributed by atoms with E-state index in [9.17, 15) is 4.79 Å². The van der Waals surface area contributed by atoms with E-state index in [2.05, 4.69) is 10.3 Å². The van der Waals surface area contributed by atoms with Gasteiger partial charge in [-0.2, -0.15) is 0 Å². The number of thiazole rings is 1. The van der Waals surface area contributed by atoms with E-state index in [1.165, 1.54) is 0 Å². The summed E-state index contributed by atoms with van der Waals surface area (Å²) in [4.78, 5) is 17.7. The van der Waals surface area contributed by atoms with Crippen molar-refractivity contribution in [3.8, 4) is 11.3 Å². The minimum absolute atomic E-state index is 0.00292. The first-order valence-corrected chi connectivity index (χ1v) is 8.32. The summed E-state index contributed by atoms with van der Waals surface area (Å²) in [6, 6.07) is 11.7. The van der Waals surface area contributed by atoms with Gasteiger partial charge in [0, 0.05) is 15.8 Å². The van der Waals surface area contributed by atoms with Crippen LogP contribution in [0.25, 0.3) is 11.3 Å². The molecule has 0 unspecified atom stereocenters. The Balaban J connectivity index is 1.81. The number of amides is 1. The SMILES string of the molecule is Cc1nc(-c2ccccc2NC(=O)Cc2cccs2)cs1. The van der Waals surface area contributed by atoms with E-state index in [1.807, 2.05) is 54.1 Å². The molecule has 0 aliphatic carbocycles. The normalized spacial score (nSPS) is 10.5. The van der Waals surface area contributed by atoms with Gasteiger partial charge in [-0.25, -0.2) is 4.98 Å². The first kappa shape index (κ1) is 14.0. The van der Waals surface area contributed by atoms with Gasteiger partial charge in [0.15, 0.2) is 0 Å². The van der Waals surface area contributed by atoms with Gasteiger partial charge in [-0.15, -0.1) is 22.7 Å². The average Bonchev–Trinajstić information content (AvgIpc) is 3.11. The Morgan fingerprint density at radius 1 is 1.19 bits per heavy atom. The first-order chi connectivity index (χ1) is 10.2. The number of nitrogens with one attached hydrogen (secondary N) is 1. The lowest BCUT2D eigenvalue weighted by molar-refractivity contribution is -0.115. The summed E-state index contributed by atoms with van der Waals surface area (Å²) >= 11 is 3.20. The van der Waals surface area contributed by atoms with Crippen LogP contribution in [0.15, 0.2) is 47.2 Å². The van der Waals surface area contributed by atoms with E-state index >= 15 is 0 Å². The van der Waals surface area contributed by atoms with Gasteiger partial charge in [0.2, 0.25) is 5.91 Å². The smallest absolute Gasteiger partial charge is 0.229 e. The van der Waals surface area contributed by atoms with Crippen molar-refractivity contribution in [1.29, 1.82) is 0 Å². The van der Waals surface area contributed by atoms with Gasteiger partial charge in [-0.3, -0.25) is 4.79 Å². The molecule has 1 amide bonds. The van der Waals surface area contributed by atoms with Crippen LogP contribution in [0.2, 0.25) is 0 Å². The molecule has 3 aromatic rings. The van der Waals surface area contributed by atoms with Crippen molar-refractivity contribution in [2.75, 3.05) is 5.32 Å². The molecule has 3 nitrogen and oxygen atoms in total. The Morgan fingerprint density at radius 3 is 2.76 bits per heavy atom. The van der Waals surface area contributed by atoms with Gasteiger partial charge in [-0.05, 0) is 24.4 Å². The fraction of sp³-hybridized carbons (Fsp3) is 0.125. The summed E-state index contributed by atoms with van der Waals surface area (Å²) in [6.45, 7) is 1.98. The topological polar surface area (TPSA) is 42.0 Å². The second-order valence-electron chi connectivity index (χ2n) is 4.60. The predicted octanol–water partition coefficient (Wildman–Crippen LogP) is 4.36. The standard InChI is InChI=1S/C16H14N2OS2/c1-11-17-15(10-21-11)13-6-2-3-7-14(13)18-16(19)9-12-5-4-8-20-12/h2-8,10H,9H2,1H3,(H,18,19). The van der Waals surface area contributed by atoms with Crippen LogP contribution < -0.4 is 5.32 Å². The summed E-state index contributed by atoms with van der Waals surface area (Å²) in [5.41, 5.74) is 2.68. The minimum Gasteiger partial charge on any atom is -0.325 e. The number of hydrogen-bond donors (Lipinski definition) is 1. The summed E-state index contributed by atoms with van der Waals surface area (Å²) in [5, 5.41) is 8.00. The molecule has 0 radical (unpaired) electrons. The lowest BCUT2D eigenvalue weighted by Gasteiger charge is -2.09. The lowest BCUT2D eigenvalue weighted by atomic mass is 10.1. The molecule has 0 saturated heterocycles. The van der Waals surface area contributed by atoms with Crippen LogP contribution >= 0.6 is 22.7 Å². The number of hydrogen-bond acceptors (Lipinski definition) is 4. The third kappa shape index (κ3) is 3.37. The molecule has 1 aromatic carbocycles. The molecule has 1 N–H and O–H groups in total. The van der Waals surface area contributed by atoms with E-state index in [0.717, 1.165) is 26.8 Å². The minimum atomic E-state index is -0.00292. The van der Waals surface area contributed by atoms with Crippen molar-refractivity contribution in [2.24, 2.45) is 0 Å². The number of benzene rings is 1. The summed E-state index contributed by atoms with van der Waals surface area (Å²) in [6.07, 6.45) is 0.405. The number of anilines is 1. The molecule has 0 saturated carbocycles. The van der Waals surface area contributed by atoms with Crippen molar-refractivity contribution in [2.45, 2.75) is 13.3 Å². The van der Waals surface area contributed by atoms with Crippen LogP contribution in [0.4, 0.5) is 5.69 Å². The number of thiophene rings is 1. The molecule has 5 heteroatoms. The summed E-state index contributed by atoms with van der Waals surface area (Å²) in [5.74, 6) is -0.00292. The highest BCUT2D eigenvalue weighted by atomic mass is 32.1. The van der Waals surface area contributed by atoms with Crippen LogP contribution in [-0.4, -0.2) is 10.9 Å². The van der Waals surface area contributed by atoms with Gasteiger partial charge in [0.1, 0.15) is 0 Å². The highest BCUT2D eigenvalue weighted by Gasteiger charge is 2.11. The van der Waals surface area contributed by atoms with E-state index in [4.69, 9.17) is 0 Å². The van der Waals surface area contributed by atoms with Crippen LogP contribution in [-0.2, 0) is 11.2 Å². The Kier molecular flexibility index (Phi) is 4.13. The lowest BCUT2D eigenvalue weighted by Crippen LogP contribution is -2.14. The Bertz CT molecular complexity index is 747. The zero-order valence-electron chi connectivity index (χ0n) is 11.5. The number of rotatable bonds is 4. The fourth-order valence-corrected chi connectivity index (χ4v) is 3.38. The van der Waals surface area contributed by atoms with Gasteiger partial charge in [-0.1, -0.05) is 24.3 Å². The molecule has 0 aliphatic heterocycles. The molecule has 0 atom stereocenters. The second kappa shape index (κ2) is 6.20. The zero-order valence-corrected chi connectivity index (χ0v) is 13.1. The van der Waals surface area contributed by atoms with E-state index < -0.39 is 0 Å². The van der Waals surface area contributed by atoms with Crippen molar-refractivity contribution in [1.82, 2.24) is 4.98 Å². The van der Waals surface area contributed by atoms with Crippen LogP contribution in [0.5, 0.6) is 0 Å². The van der Waals surface area contributed by atoms with Crippen molar-refractivity contribution in [3.05, 3.63) is 57.0 Å². The van der Waals surface area contributed by atoms with Gasteiger partial charge >= 0.3 is 0 Å². The molecule has 2 heterocycles. The number of aromatic nitrogens is 1. The largest absolute Gasteiger partial charge is 0.325 e. The van der Waals surface area contributed by atoms with Gasteiger partial charge in [0.25, 0.3) is 0 Å². The van der Waals surface area contributed by atoms with Crippen molar-refractivity contribution < 1.29 is 4.79 Å². The van der Waals surface area contributed by atoms with E-state index in [1.54, 1.807) is 22.7 Å². The molecule has 0 spiro atoms. The molecular formula is C16H14N2OS2. The zero-order chi connectivity index (χ0) is 14.7. The van der Waals surface area contributed by atoms with E-state index in [-0.39, 0.29) is 5.91 Å². The maximum absolute atomic E-state index is 12.1. The summed E-state index contributed by atoms with van der Waals surface area (Å²) in [7, 11) is 0. The monoisotopic (exact) mass is 314 g/mol. The molecule has 0 aliphatic rings. The Hall–Kier alpha value is -1.98. The third-order valence-electron chi connectivity index (χ3n) is 3.01. The Labute approximate surface area is 131 Å².